The van der Waals surface area contributed by atoms with Crippen molar-refractivity contribution in [3.05, 3.63) is 0 Å². The molecule has 2 saturated heterocycles. The molecule has 0 aromatic rings. The van der Waals surface area contributed by atoms with Crippen molar-refractivity contribution in [3.8, 4) is 0 Å². The van der Waals surface area contributed by atoms with Gasteiger partial charge < -0.3 is 10.1 Å². The number of nitrogens with zero attached hydrogens (tertiary/aromatic N) is 1. The topological polar surface area (TPSA) is 24.5 Å². The molecule has 0 bridgehead atoms. The van der Waals surface area contributed by atoms with E-state index < -0.39 is 0 Å². The van der Waals surface area contributed by atoms with Crippen LogP contribution < -0.4 is 5.32 Å². The van der Waals surface area contributed by atoms with E-state index in [2.05, 4.69) is 17.1 Å². The summed E-state index contributed by atoms with van der Waals surface area (Å²) in [6.07, 6.45) is 11.5. The van der Waals surface area contributed by atoms with Crippen LogP contribution in [-0.4, -0.2) is 49.3 Å². The zero-order valence-corrected chi connectivity index (χ0v) is 13.2. The van der Waals surface area contributed by atoms with Gasteiger partial charge in [0.1, 0.15) is 0 Å². The van der Waals surface area contributed by atoms with Crippen LogP contribution >= 0.6 is 0 Å². The lowest BCUT2D eigenvalue weighted by molar-refractivity contribution is -0.0190. The lowest BCUT2D eigenvalue weighted by Crippen LogP contribution is -2.48. The third-order valence-electron chi connectivity index (χ3n) is 5.65. The largest absolute Gasteiger partial charge is 0.378 e. The molecule has 2 aliphatic heterocycles. The van der Waals surface area contributed by atoms with Crippen LogP contribution in [0, 0.1) is 5.92 Å². The SMILES string of the molecule is CC1CC(N2CCCNC(C3CCCCC3)C2)CCO1. The Labute approximate surface area is 124 Å². The van der Waals surface area contributed by atoms with Crippen LogP contribution in [0.4, 0.5) is 0 Å². The molecule has 1 aliphatic carbocycles. The zero-order chi connectivity index (χ0) is 13.8. The van der Waals surface area contributed by atoms with Gasteiger partial charge in [0.25, 0.3) is 0 Å². The molecule has 1 saturated carbocycles. The maximum atomic E-state index is 5.73. The second-order valence-corrected chi connectivity index (χ2v) is 7.17. The first kappa shape index (κ1) is 14.8. The number of rotatable bonds is 2. The van der Waals surface area contributed by atoms with E-state index in [0.717, 1.165) is 24.6 Å². The normalized spacial score (nSPS) is 38.5. The van der Waals surface area contributed by atoms with E-state index >= 15 is 0 Å². The average Bonchev–Trinajstić information content (AvgIpc) is 2.74. The van der Waals surface area contributed by atoms with Gasteiger partial charge in [-0.2, -0.15) is 0 Å². The molecule has 3 unspecified atom stereocenters. The van der Waals surface area contributed by atoms with Gasteiger partial charge in [-0.25, -0.2) is 0 Å². The quantitative estimate of drug-likeness (QED) is 0.842. The molecule has 3 aliphatic rings. The fraction of sp³-hybridized carbons (Fsp3) is 1.00. The van der Waals surface area contributed by atoms with Gasteiger partial charge in [0.05, 0.1) is 6.10 Å². The molecule has 0 amide bonds. The van der Waals surface area contributed by atoms with Crippen molar-refractivity contribution in [2.24, 2.45) is 5.92 Å². The Morgan fingerprint density at radius 1 is 1.05 bits per heavy atom. The number of ether oxygens (including phenoxy) is 1. The third kappa shape index (κ3) is 3.75. The maximum absolute atomic E-state index is 5.73. The summed E-state index contributed by atoms with van der Waals surface area (Å²) in [5.74, 6) is 0.932. The Bertz CT molecular complexity index is 291. The van der Waals surface area contributed by atoms with E-state index in [4.69, 9.17) is 4.74 Å². The maximum Gasteiger partial charge on any atom is 0.0561 e. The van der Waals surface area contributed by atoms with Crippen molar-refractivity contribution in [1.82, 2.24) is 10.2 Å². The van der Waals surface area contributed by atoms with Gasteiger partial charge in [0.15, 0.2) is 0 Å². The summed E-state index contributed by atoms with van der Waals surface area (Å²) >= 11 is 0. The van der Waals surface area contributed by atoms with Gasteiger partial charge in [0, 0.05) is 25.2 Å². The minimum atomic E-state index is 0.457. The standard InChI is InChI=1S/C17H32N2O/c1-14-12-16(8-11-20-14)19-10-5-9-18-17(13-19)15-6-3-2-4-7-15/h14-18H,2-13H2,1H3. The van der Waals surface area contributed by atoms with Crippen molar-refractivity contribution in [3.63, 3.8) is 0 Å². The average molecular weight is 280 g/mol. The van der Waals surface area contributed by atoms with Gasteiger partial charge in [-0.05, 0) is 58.0 Å². The summed E-state index contributed by atoms with van der Waals surface area (Å²) in [6.45, 7) is 6.98. The molecule has 0 spiro atoms. The van der Waals surface area contributed by atoms with Crippen LogP contribution in [0.2, 0.25) is 0 Å². The van der Waals surface area contributed by atoms with E-state index in [1.807, 2.05) is 0 Å². The van der Waals surface area contributed by atoms with Gasteiger partial charge in [-0.1, -0.05) is 19.3 Å². The van der Waals surface area contributed by atoms with Crippen molar-refractivity contribution >= 4 is 0 Å². The Morgan fingerprint density at radius 3 is 2.70 bits per heavy atom. The molecule has 3 heteroatoms. The van der Waals surface area contributed by atoms with E-state index in [9.17, 15) is 0 Å². The van der Waals surface area contributed by atoms with Crippen molar-refractivity contribution in [2.45, 2.75) is 76.5 Å². The summed E-state index contributed by atoms with van der Waals surface area (Å²) in [7, 11) is 0. The van der Waals surface area contributed by atoms with E-state index in [0.29, 0.717) is 6.10 Å². The minimum Gasteiger partial charge on any atom is -0.378 e. The van der Waals surface area contributed by atoms with Crippen LogP contribution in [0.25, 0.3) is 0 Å². The summed E-state index contributed by atoms with van der Waals surface area (Å²) in [5.41, 5.74) is 0. The van der Waals surface area contributed by atoms with E-state index in [1.54, 1.807) is 0 Å². The van der Waals surface area contributed by atoms with Crippen molar-refractivity contribution in [2.75, 3.05) is 26.2 Å². The fourth-order valence-corrected chi connectivity index (χ4v) is 4.47. The molecule has 3 fully saturated rings. The first-order valence-electron chi connectivity index (χ1n) is 8.92. The summed E-state index contributed by atoms with van der Waals surface area (Å²) in [6, 6.07) is 1.51. The highest BCUT2D eigenvalue weighted by Gasteiger charge is 2.31. The molecule has 0 aromatic carbocycles. The number of hydrogen-bond donors (Lipinski definition) is 1. The molecule has 1 N–H and O–H groups in total. The minimum absolute atomic E-state index is 0.457. The monoisotopic (exact) mass is 280 g/mol. The molecule has 20 heavy (non-hydrogen) atoms. The Balaban J connectivity index is 1.59. The highest BCUT2D eigenvalue weighted by atomic mass is 16.5. The van der Waals surface area contributed by atoms with Crippen molar-refractivity contribution in [1.29, 1.82) is 0 Å². The van der Waals surface area contributed by atoms with Gasteiger partial charge in [-0.3, -0.25) is 4.90 Å². The molecular formula is C17H32N2O. The second-order valence-electron chi connectivity index (χ2n) is 7.17. The van der Waals surface area contributed by atoms with Crippen molar-refractivity contribution < 1.29 is 4.74 Å². The molecule has 3 atom stereocenters. The molecule has 2 heterocycles. The van der Waals surface area contributed by atoms with Crippen LogP contribution in [0.15, 0.2) is 0 Å². The third-order valence-corrected chi connectivity index (χ3v) is 5.65. The van der Waals surface area contributed by atoms with Gasteiger partial charge in [0.2, 0.25) is 0 Å². The van der Waals surface area contributed by atoms with Crippen LogP contribution in [-0.2, 0) is 4.74 Å². The molecule has 116 valence electrons. The summed E-state index contributed by atoms with van der Waals surface area (Å²) < 4.78 is 5.73. The first-order valence-corrected chi connectivity index (χ1v) is 8.92. The van der Waals surface area contributed by atoms with E-state index in [-0.39, 0.29) is 0 Å². The molecule has 0 aromatic heterocycles. The molecule has 0 radical (unpaired) electrons. The Morgan fingerprint density at radius 2 is 1.90 bits per heavy atom. The number of hydrogen-bond acceptors (Lipinski definition) is 3. The van der Waals surface area contributed by atoms with Crippen LogP contribution in [0.5, 0.6) is 0 Å². The predicted octanol–water partition coefficient (Wildman–Crippen LogP) is 2.80. The first-order chi connectivity index (χ1) is 9.83. The lowest BCUT2D eigenvalue weighted by atomic mass is 9.83. The Kier molecular flexibility index (Phi) is 5.36. The highest BCUT2D eigenvalue weighted by Crippen LogP contribution is 2.29. The molecule has 3 nitrogen and oxygen atoms in total. The van der Waals surface area contributed by atoms with Gasteiger partial charge in [-0.15, -0.1) is 0 Å². The fourth-order valence-electron chi connectivity index (χ4n) is 4.47. The van der Waals surface area contributed by atoms with E-state index in [1.165, 1.54) is 71.0 Å². The lowest BCUT2D eigenvalue weighted by Gasteiger charge is -2.39. The molecule has 3 rings (SSSR count). The smallest absolute Gasteiger partial charge is 0.0561 e. The summed E-state index contributed by atoms with van der Waals surface area (Å²) in [5, 5.41) is 3.86. The Hall–Kier alpha value is -0.120. The highest BCUT2D eigenvalue weighted by molar-refractivity contribution is 4.88. The zero-order valence-electron chi connectivity index (χ0n) is 13.2. The second kappa shape index (κ2) is 7.24. The van der Waals surface area contributed by atoms with Crippen LogP contribution in [0.3, 0.4) is 0 Å². The van der Waals surface area contributed by atoms with Crippen LogP contribution in [0.1, 0.15) is 58.3 Å². The molecular weight excluding hydrogens is 248 g/mol. The summed E-state index contributed by atoms with van der Waals surface area (Å²) in [4.78, 5) is 2.79. The van der Waals surface area contributed by atoms with Gasteiger partial charge >= 0.3 is 0 Å². The predicted molar refractivity (Wildman–Crippen MR) is 83.0 cm³/mol. The number of nitrogens with one attached hydrogen (secondary N) is 1.